The first-order chi connectivity index (χ1) is 10.5. The normalized spacial score (nSPS) is 10.1. The Morgan fingerprint density at radius 1 is 1.09 bits per heavy atom. The quantitative estimate of drug-likeness (QED) is 0.702. The van der Waals surface area contributed by atoms with Crippen molar-refractivity contribution in [3.05, 3.63) is 56.6 Å². The smallest absolute Gasteiger partial charge is 0.255 e. The Bertz CT molecular complexity index is 719. The van der Waals surface area contributed by atoms with Crippen molar-refractivity contribution in [2.45, 2.75) is 13.3 Å². The third-order valence-corrected chi connectivity index (χ3v) is 4.45. The first kappa shape index (κ1) is 16.8. The highest BCUT2D eigenvalue weighted by molar-refractivity contribution is 14.1. The average molecular weight is 429 g/mol. The van der Waals surface area contributed by atoms with Gasteiger partial charge in [0, 0.05) is 26.9 Å². The molecule has 0 aliphatic carbocycles. The van der Waals surface area contributed by atoms with E-state index in [1.54, 1.807) is 49.4 Å². The van der Waals surface area contributed by atoms with Crippen molar-refractivity contribution >= 4 is 57.4 Å². The van der Waals surface area contributed by atoms with Gasteiger partial charge in [0.05, 0.1) is 5.02 Å². The Kier molecular flexibility index (Phi) is 5.79. The molecular weight excluding hydrogens is 415 g/mol. The van der Waals surface area contributed by atoms with Crippen molar-refractivity contribution in [1.82, 2.24) is 0 Å². The van der Waals surface area contributed by atoms with Gasteiger partial charge in [-0.2, -0.15) is 0 Å². The lowest BCUT2D eigenvalue weighted by Gasteiger charge is -2.09. The molecule has 2 amide bonds. The van der Waals surface area contributed by atoms with E-state index in [2.05, 4.69) is 33.2 Å². The van der Waals surface area contributed by atoms with Crippen molar-refractivity contribution < 1.29 is 9.59 Å². The fourth-order valence-electron chi connectivity index (χ4n) is 1.76. The van der Waals surface area contributed by atoms with Crippen LogP contribution in [-0.2, 0) is 4.79 Å². The van der Waals surface area contributed by atoms with E-state index in [-0.39, 0.29) is 11.8 Å². The molecule has 0 radical (unpaired) electrons. The zero-order valence-corrected chi connectivity index (χ0v) is 14.7. The lowest BCUT2D eigenvalue weighted by Crippen LogP contribution is -2.13. The summed E-state index contributed by atoms with van der Waals surface area (Å²) in [6.45, 7) is 1.78. The molecule has 2 aromatic carbocycles. The van der Waals surface area contributed by atoms with Gasteiger partial charge in [0.1, 0.15) is 0 Å². The molecule has 0 aliphatic rings. The molecule has 0 bridgehead atoms. The zero-order valence-electron chi connectivity index (χ0n) is 11.8. The number of hydrogen-bond donors (Lipinski definition) is 2. The predicted molar refractivity (Wildman–Crippen MR) is 97.5 cm³/mol. The first-order valence-electron chi connectivity index (χ1n) is 6.66. The first-order valence-corrected chi connectivity index (χ1v) is 8.11. The highest BCUT2D eigenvalue weighted by Gasteiger charge is 2.09. The molecule has 22 heavy (non-hydrogen) atoms. The molecule has 114 valence electrons. The summed E-state index contributed by atoms with van der Waals surface area (Å²) in [6.07, 6.45) is 0.403. The zero-order chi connectivity index (χ0) is 16.1. The Morgan fingerprint density at radius 2 is 1.77 bits per heavy atom. The molecule has 2 rings (SSSR count). The standard InChI is InChI=1S/C16H14ClIN2O2/c1-2-15(21)19-11-4-3-5-12(9-11)20-16(22)10-6-7-13(17)14(18)8-10/h3-9H,2H2,1H3,(H,19,21)(H,20,22). The van der Waals surface area contributed by atoms with Crippen LogP contribution in [0.2, 0.25) is 5.02 Å². The van der Waals surface area contributed by atoms with E-state index in [9.17, 15) is 9.59 Å². The van der Waals surface area contributed by atoms with Crippen LogP contribution < -0.4 is 10.6 Å². The van der Waals surface area contributed by atoms with Crippen LogP contribution in [0.25, 0.3) is 0 Å². The molecule has 0 saturated carbocycles. The van der Waals surface area contributed by atoms with Crippen LogP contribution in [0.3, 0.4) is 0 Å². The Hall–Kier alpha value is -1.60. The van der Waals surface area contributed by atoms with E-state index in [4.69, 9.17) is 11.6 Å². The minimum atomic E-state index is -0.228. The monoisotopic (exact) mass is 428 g/mol. The average Bonchev–Trinajstić information content (AvgIpc) is 2.50. The number of hydrogen-bond acceptors (Lipinski definition) is 2. The molecule has 4 nitrogen and oxygen atoms in total. The lowest BCUT2D eigenvalue weighted by molar-refractivity contribution is -0.115. The van der Waals surface area contributed by atoms with E-state index in [1.165, 1.54) is 0 Å². The number of benzene rings is 2. The summed E-state index contributed by atoms with van der Waals surface area (Å²) in [5.74, 6) is -0.302. The topological polar surface area (TPSA) is 58.2 Å². The number of carbonyl (C=O) groups is 2. The Morgan fingerprint density at radius 3 is 2.41 bits per heavy atom. The van der Waals surface area contributed by atoms with Crippen LogP contribution in [-0.4, -0.2) is 11.8 Å². The molecule has 0 aliphatic heterocycles. The number of anilines is 2. The maximum atomic E-state index is 12.2. The van der Waals surface area contributed by atoms with Crippen LogP contribution in [0.4, 0.5) is 11.4 Å². The summed E-state index contributed by atoms with van der Waals surface area (Å²) in [5.41, 5.74) is 1.79. The molecular formula is C16H14ClIN2O2. The van der Waals surface area contributed by atoms with E-state index < -0.39 is 0 Å². The molecule has 2 N–H and O–H groups in total. The van der Waals surface area contributed by atoms with Crippen molar-refractivity contribution in [2.24, 2.45) is 0 Å². The minimum absolute atomic E-state index is 0.0734. The van der Waals surface area contributed by atoms with Gasteiger partial charge < -0.3 is 10.6 Å². The highest BCUT2D eigenvalue weighted by Crippen LogP contribution is 2.21. The summed E-state index contributed by atoms with van der Waals surface area (Å²) in [6, 6.07) is 12.1. The summed E-state index contributed by atoms with van der Waals surface area (Å²) in [5, 5.41) is 6.17. The van der Waals surface area contributed by atoms with Gasteiger partial charge in [-0.1, -0.05) is 24.6 Å². The summed E-state index contributed by atoms with van der Waals surface area (Å²) < 4.78 is 0.816. The minimum Gasteiger partial charge on any atom is -0.326 e. The van der Waals surface area contributed by atoms with Gasteiger partial charge in [-0.05, 0) is 59.0 Å². The molecule has 0 fully saturated rings. The van der Waals surface area contributed by atoms with E-state index >= 15 is 0 Å². The maximum Gasteiger partial charge on any atom is 0.255 e. The summed E-state index contributed by atoms with van der Waals surface area (Å²) >= 11 is 8.03. The second kappa shape index (κ2) is 7.60. The van der Waals surface area contributed by atoms with Gasteiger partial charge in [0.2, 0.25) is 5.91 Å². The van der Waals surface area contributed by atoms with Gasteiger partial charge >= 0.3 is 0 Å². The summed E-state index contributed by atoms with van der Waals surface area (Å²) in [4.78, 5) is 23.6. The SMILES string of the molecule is CCC(=O)Nc1cccc(NC(=O)c2ccc(Cl)c(I)c2)c1. The number of nitrogens with one attached hydrogen (secondary N) is 2. The van der Waals surface area contributed by atoms with Crippen LogP contribution in [0.1, 0.15) is 23.7 Å². The molecule has 0 aromatic heterocycles. The molecule has 0 unspecified atom stereocenters. The van der Waals surface area contributed by atoms with Gasteiger partial charge in [-0.15, -0.1) is 0 Å². The van der Waals surface area contributed by atoms with Crippen LogP contribution in [0, 0.1) is 3.57 Å². The predicted octanol–water partition coefficient (Wildman–Crippen LogP) is 4.55. The Labute approximate surface area is 147 Å². The maximum absolute atomic E-state index is 12.2. The molecule has 0 spiro atoms. The fraction of sp³-hybridized carbons (Fsp3) is 0.125. The third kappa shape index (κ3) is 4.45. The fourth-order valence-corrected chi connectivity index (χ4v) is 2.40. The second-order valence-corrected chi connectivity index (χ2v) is 6.13. The third-order valence-electron chi connectivity index (χ3n) is 2.91. The molecule has 0 saturated heterocycles. The van der Waals surface area contributed by atoms with Crippen LogP contribution in [0.5, 0.6) is 0 Å². The van der Waals surface area contributed by atoms with Crippen molar-refractivity contribution in [3.8, 4) is 0 Å². The van der Waals surface area contributed by atoms with E-state index in [1.807, 2.05) is 0 Å². The molecule has 2 aromatic rings. The molecule has 0 atom stereocenters. The van der Waals surface area contributed by atoms with Gasteiger partial charge in [0.15, 0.2) is 0 Å². The second-order valence-electron chi connectivity index (χ2n) is 4.57. The summed E-state index contributed by atoms with van der Waals surface area (Å²) in [7, 11) is 0. The van der Waals surface area contributed by atoms with E-state index in [0.717, 1.165) is 3.57 Å². The largest absolute Gasteiger partial charge is 0.326 e. The highest BCUT2D eigenvalue weighted by atomic mass is 127. The van der Waals surface area contributed by atoms with Gasteiger partial charge in [0.25, 0.3) is 5.91 Å². The van der Waals surface area contributed by atoms with E-state index in [0.29, 0.717) is 28.4 Å². The van der Waals surface area contributed by atoms with Crippen molar-refractivity contribution in [1.29, 1.82) is 0 Å². The van der Waals surface area contributed by atoms with Crippen molar-refractivity contribution in [2.75, 3.05) is 10.6 Å². The van der Waals surface area contributed by atoms with Crippen LogP contribution in [0.15, 0.2) is 42.5 Å². The number of halogens is 2. The lowest BCUT2D eigenvalue weighted by atomic mass is 10.2. The number of rotatable bonds is 4. The van der Waals surface area contributed by atoms with Gasteiger partial charge in [-0.3, -0.25) is 9.59 Å². The van der Waals surface area contributed by atoms with Gasteiger partial charge in [-0.25, -0.2) is 0 Å². The number of amides is 2. The Balaban J connectivity index is 2.12. The van der Waals surface area contributed by atoms with Crippen molar-refractivity contribution in [3.63, 3.8) is 0 Å². The number of carbonyl (C=O) groups excluding carboxylic acids is 2. The molecule has 0 heterocycles. The molecule has 6 heteroatoms. The van der Waals surface area contributed by atoms with Crippen LogP contribution >= 0.6 is 34.2 Å².